The molecular weight excluding hydrogens is 184 g/mol. The van der Waals surface area contributed by atoms with Gasteiger partial charge in [-0.1, -0.05) is 26.8 Å². The highest BCUT2D eigenvalue weighted by Crippen LogP contribution is 2.54. The molecule has 0 amide bonds. The zero-order chi connectivity index (χ0) is 11.1. The fourth-order valence-corrected chi connectivity index (χ4v) is 3.77. The molecule has 0 aromatic carbocycles. The van der Waals surface area contributed by atoms with E-state index in [4.69, 9.17) is 0 Å². The van der Waals surface area contributed by atoms with Crippen LogP contribution in [-0.2, 0) is 4.79 Å². The Morgan fingerprint density at radius 3 is 2.80 bits per heavy atom. The summed E-state index contributed by atoms with van der Waals surface area (Å²) in [5.74, 6) is 2.53. The molecule has 0 N–H and O–H groups in total. The Kier molecular flexibility index (Phi) is 2.74. The fourth-order valence-electron chi connectivity index (χ4n) is 3.77. The highest BCUT2D eigenvalue weighted by molar-refractivity contribution is 5.90. The van der Waals surface area contributed by atoms with E-state index < -0.39 is 0 Å². The molecular formula is C14H22O. The van der Waals surface area contributed by atoms with E-state index in [1.54, 1.807) is 0 Å². The van der Waals surface area contributed by atoms with Crippen LogP contribution in [0, 0.1) is 23.2 Å². The molecule has 2 aliphatic rings. The third kappa shape index (κ3) is 1.77. The number of allylic oxidation sites excluding steroid dienone is 2. The molecule has 1 fully saturated rings. The van der Waals surface area contributed by atoms with Crippen molar-refractivity contribution in [1.82, 2.24) is 0 Å². The van der Waals surface area contributed by atoms with Crippen LogP contribution < -0.4 is 0 Å². The van der Waals surface area contributed by atoms with Gasteiger partial charge in [-0.05, 0) is 48.5 Å². The van der Waals surface area contributed by atoms with E-state index in [1.807, 2.05) is 6.08 Å². The van der Waals surface area contributed by atoms with Crippen LogP contribution in [-0.4, -0.2) is 5.78 Å². The molecule has 1 saturated carbocycles. The summed E-state index contributed by atoms with van der Waals surface area (Å²) in [4.78, 5) is 11.4. The first-order valence-corrected chi connectivity index (χ1v) is 6.25. The van der Waals surface area contributed by atoms with Crippen LogP contribution in [0.25, 0.3) is 0 Å². The quantitative estimate of drug-likeness (QED) is 0.640. The van der Waals surface area contributed by atoms with Gasteiger partial charge in [0.05, 0.1) is 0 Å². The van der Waals surface area contributed by atoms with Gasteiger partial charge in [0.15, 0.2) is 5.78 Å². The lowest BCUT2D eigenvalue weighted by atomic mass is 9.67. The molecule has 3 atom stereocenters. The fraction of sp³-hybridized carbons (Fsp3) is 0.786. The van der Waals surface area contributed by atoms with Crippen molar-refractivity contribution in [3.05, 3.63) is 12.2 Å². The summed E-state index contributed by atoms with van der Waals surface area (Å²) in [6, 6.07) is 0. The summed E-state index contributed by atoms with van der Waals surface area (Å²) in [6.45, 7) is 7.06. The zero-order valence-corrected chi connectivity index (χ0v) is 10.1. The maximum Gasteiger partial charge on any atom is 0.155 e. The first-order valence-electron chi connectivity index (χ1n) is 6.25. The molecule has 15 heavy (non-hydrogen) atoms. The molecule has 0 radical (unpaired) electrons. The summed E-state index contributed by atoms with van der Waals surface area (Å²) in [5.41, 5.74) is 0.386. The smallest absolute Gasteiger partial charge is 0.155 e. The van der Waals surface area contributed by atoms with E-state index in [9.17, 15) is 4.79 Å². The van der Waals surface area contributed by atoms with Crippen LogP contribution in [0.15, 0.2) is 12.2 Å². The van der Waals surface area contributed by atoms with Gasteiger partial charge in [-0.25, -0.2) is 0 Å². The summed E-state index contributed by atoms with van der Waals surface area (Å²) in [7, 11) is 0. The van der Waals surface area contributed by atoms with E-state index in [-0.39, 0.29) is 0 Å². The largest absolute Gasteiger partial charge is 0.295 e. The summed E-state index contributed by atoms with van der Waals surface area (Å²) in [5, 5.41) is 0. The summed E-state index contributed by atoms with van der Waals surface area (Å²) in [6.07, 6.45) is 8.50. The molecule has 84 valence electrons. The van der Waals surface area contributed by atoms with E-state index in [0.717, 1.165) is 24.7 Å². The third-order valence-corrected chi connectivity index (χ3v) is 4.71. The SMILES string of the molecule is CC(C)[C@H]1CC[C@@H]2C=CC(=O)CC[C@]12C. The Labute approximate surface area is 92.9 Å². The maximum atomic E-state index is 11.4. The van der Waals surface area contributed by atoms with Crippen LogP contribution in [0.1, 0.15) is 46.5 Å². The van der Waals surface area contributed by atoms with Gasteiger partial charge in [0.1, 0.15) is 0 Å². The first kappa shape index (κ1) is 10.9. The second kappa shape index (κ2) is 3.77. The highest BCUT2D eigenvalue weighted by Gasteiger charge is 2.46. The van der Waals surface area contributed by atoms with Crippen molar-refractivity contribution >= 4 is 5.78 Å². The number of rotatable bonds is 1. The molecule has 0 heterocycles. The van der Waals surface area contributed by atoms with Crippen molar-refractivity contribution in [2.45, 2.75) is 46.5 Å². The molecule has 1 nitrogen and oxygen atoms in total. The van der Waals surface area contributed by atoms with Gasteiger partial charge in [-0.3, -0.25) is 4.79 Å². The Bertz CT molecular complexity index is 290. The van der Waals surface area contributed by atoms with E-state index in [1.165, 1.54) is 12.8 Å². The second-order valence-corrected chi connectivity index (χ2v) is 5.87. The van der Waals surface area contributed by atoms with Crippen molar-refractivity contribution < 1.29 is 4.79 Å². The van der Waals surface area contributed by atoms with Crippen LogP contribution in [0.5, 0.6) is 0 Å². The van der Waals surface area contributed by atoms with Crippen LogP contribution in [0.4, 0.5) is 0 Å². The topological polar surface area (TPSA) is 17.1 Å². The Balaban J connectivity index is 2.26. The van der Waals surface area contributed by atoms with E-state index in [2.05, 4.69) is 26.8 Å². The van der Waals surface area contributed by atoms with Gasteiger partial charge >= 0.3 is 0 Å². The molecule has 2 rings (SSSR count). The molecule has 0 aromatic rings. The standard InChI is InChI=1S/C14H22O/c1-10(2)13-7-5-11-4-6-12(15)8-9-14(11,13)3/h4,6,10-11,13H,5,7-9H2,1-3H3/t11-,13+,14-/m0/s1. The lowest BCUT2D eigenvalue weighted by Gasteiger charge is -2.37. The van der Waals surface area contributed by atoms with E-state index in [0.29, 0.717) is 17.1 Å². The van der Waals surface area contributed by atoms with Gasteiger partial charge in [-0.2, -0.15) is 0 Å². The lowest BCUT2D eigenvalue weighted by Crippen LogP contribution is -2.30. The average molecular weight is 206 g/mol. The number of hydrogen-bond donors (Lipinski definition) is 0. The molecule has 0 spiro atoms. The van der Waals surface area contributed by atoms with Crippen LogP contribution in [0.3, 0.4) is 0 Å². The van der Waals surface area contributed by atoms with Crippen LogP contribution >= 0.6 is 0 Å². The predicted octanol–water partition coefficient (Wildman–Crippen LogP) is 3.59. The Morgan fingerprint density at radius 1 is 1.40 bits per heavy atom. The Morgan fingerprint density at radius 2 is 2.13 bits per heavy atom. The van der Waals surface area contributed by atoms with Crippen molar-refractivity contribution in [3.63, 3.8) is 0 Å². The van der Waals surface area contributed by atoms with Gasteiger partial charge in [0, 0.05) is 6.42 Å². The average Bonchev–Trinajstić information content (AvgIpc) is 2.43. The summed E-state index contributed by atoms with van der Waals surface area (Å²) >= 11 is 0. The number of ketones is 1. The maximum absolute atomic E-state index is 11.4. The minimum absolute atomic E-state index is 0.327. The molecule has 1 heteroatoms. The zero-order valence-electron chi connectivity index (χ0n) is 10.1. The highest BCUT2D eigenvalue weighted by atomic mass is 16.1. The number of fused-ring (bicyclic) bond motifs is 1. The Hall–Kier alpha value is -0.590. The van der Waals surface area contributed by atoms with Gasteiger partial charge in [-0.15, -0.1) is 0 Å². The van der Waals surface area contributed by atoms with Gasteiger partial charge < -0.3 is 0 Å². The molecule has 0 aliphatic heterocycles. The lowest BCUT2D eigenvalue weighted by molar-refractivity contribution is -0.115. The van der Waals surface area contributed by atoms with Crippen molar-refractivity contribution in [3.8, 4) is 0 Å². The molecule has 0 aromatic heterocycles. The minimum Gasteiger partial charge on any atom is -0.295 e. The van der Waals surface area contributed by atoms with Crippen LogP contribution in [0.2, 0.25) is 0 Å². The predicted molar refractivity (Wildman–Crippen MR) is 62.5 cm³/mol. The van der Waals surface area contributed by atoms with Crippen molar-refractivity contribution in [2.75, 3.05) is 0 Å². The summed E-state index contributed by atoms with van der Waals surface area (Å²) < 4.78 is 0. The number of hydrogen-bond acceptors (Lipinski definition) is 1. The minimum atomic E-state index is 0.327. The van der Waals surface area contributed by atoms with E-state index >= 15 is 0 Å². The van der Waals surface area contributed by atoms with Gasteiger partial charge in [0.2, 0.25) is 0 Å². The molecule has 2 aliphatic carbocycles. The number of carbonyl (C=O) groups is 1. The molecule has 0 bridgehead atoms. The number of carbonyl (C=O) groups excluding carboxylic acids is 1. The molecule has 0 saturated heterocycles. The van der Waals surface area contributed by atoms with Gasteiger partial charge in [0.25, 0.3) is 0 Å². The van der Waals surface area contributed by atoms with Crippen molar-refractivity contribution in [2.24, 2.45) is 23.2 Å². The normalized spacial score (nSPS) is 40.7. The second-order valence-electron chi connectivity index (χ2n) is 5.87. The monoisotopic (exact) mass is 206 g/mol. The van der Waals surface area contributed by atoms with Crippen molar-refractivity contribution in [1.29, 1.82) is 0 Å². The molecule has 0 unspecified atom stereocenters. The first-order chi connectivity index (χ1) is 7.04. The third-order valence-electron chi connectivity index (χ3n) is 4.71.